The first kappa shape index (κ1) is 12.7. The zero-order valence-electron chi connectivity index (χ0n) is 9.47. The monoisotopic (exact) mass is 246 g/mol. The van der Waals surface area contributed by atoms with Gasteiger partial charge in [-0.1, -0.05) is 37.0 Å². The Hall–Kier alpha value is -0.400. The Kier molecular flexibility index (Phi) is 4.30. The van der Waals surface area contributed by atoms with Crippen molar-refractivity contribution in [2.75, 3.05) is 0 Å². The molecule has 0 N–H and O–H groups in total. The summed E-state index contributed by atoms with van der Waals surface area (Å²) in [7, 11) is 0. The molecule has 0 aliphatic rings. The van der Waals surface area contributed by atoms with Gasteiger partial charge in [0.25, 0.3) is 0 Å². The molecule has 84 valence electrons. The maximum absolute atomic E-state index is 6.15. The summed E-state index contributed by atoms with van der Waals surface area (Å²) in [6, 6.07) is 3.64. The Bertz CT molecular complexity index is 322. The van der Waals surface area contributed by atoms with Crippen LogP contribution in [0.3, 0.4) is 0 Å². The fraction of sp³-hybridized carbons (Fsp3) is 0.500. The highest BCUT2D eigenvalue weighted by Crippen LogP contribution is 2.35. The molecule has 0 aromatic heterocycles. The first-order chi connectivity index (χ1) is 6.91. The number of hydrogen-bond acceptors (Lipinski definition) is 1. The van der Waals surface area contributed by atoms with Gasteiger partial charge in [-0.05, 0) is 37.5 Å². The molecule has 0 aliphatic heterocycles. The van der Waals surface area contributed by atoms with Crippen LogP contribution in [0.2, 0.25) is 10.0 Å². The lowest BCUT2D eigenvalue weighted by Gasteiger charge is -2.15. The fourth-order valence-electron chi connectivity index (χ4n) is 1.45. The normalized spacial score (nSPS) is 11.2. The first-order valence-electron chi connectivity index (χ1n) is 5.07. The van der Waals surface area contributed by atoms with E-state index >= 15 is 0 Å². The Morgan fingerprint density at radius 2 is 1.47 bits per heavy atom. The molecule has 0 amide bonds. The number of halogens is 2. The van der Waals surface area contributed by atoms with Crippen LogP contribution in [-0.2, 0) is 0 Å². The van der Waals surface area contributed by atoms with Crippen molar-refractivity contribution in [2.24, 2.45) is 0 Å². The van der Waals surface area contributed by atoms with Gasteiger partial charge in [-0.15, -0.1) is 0 Å². The summed E-state index contributed by atoms with van der Waals surface area (Å²) in [6.45, 7) is 8.07. The largest absolute Gasteiger partial charge is 0.491 e. The molecule has 0 spiro atoms. The van der Waals surface area contributed by atoms with Gasteiger partial charge < -0.3 is 4.74 Å². The van der Waals surface area contributed by atoms with Gasteiger partial charge in [0, 0.05) is 10.0 Å². The molecule has 0 heterocycles. The van der Waals surface area contributed by atoms with E-state index < -0.39 is 0 Å². The van der Waals surface area contributed by atoms with E-state index in [0.29, 0.717) is 16.0 Å². The SMILES string of the molecule is CC(C)Oc1cc(Cl)c(C(C)C)c(Cl)c1. The van der Waals surface area contributed by atoms with E-state index in [2.05, 4.69) is 13.8 Å². The molecule has 1 aromatic rings. The molecule has 0 saturated heterocycles. The highest BCUT2D eigenvalue weighted by molar-refractivity contribution is 6.36. The van der Waals surface area contributed by atoms with E-state index in [0.717, 1.165) is 11.3 Å². The fourth-order valence-corrected chi connectivity index (χ4v) is 2.36. The second-order valence-electron chi connectivity index (χ2n) is 4.12. The molecule has 0 fully saturated rings. The van der Waals surface area contributed by atoms with Crippen LogP contribution in [0.5, 0.6) is 5.75 Å². The van der Waals surface area contributed by atoms with Crippen molar-refractivity contribution in [3.8, 4) is 5.75 Å². The quantitative estimate of drug-likeness (QED) is 0.737. The van der Waals surface area contributed by atoms with Gasteiger partial charge >= 0.3 is 0 Å². The second kappa shape index (κ2) is 5.09. The predicted molar refractivity (Wildman–Crippen MR) is 66.3 cm³/mol. The topological polar surface area (TPSA) is 9.23 Å². The van der Waals surface area contributed by atoms with Crippen LogP contribution < -0.4 is 4.74 Å². The molecule has 1 rings (SSSR count). The molecular formula is C12H16Cl2O. The summed E-state index contributed by atoms with van der Waals surface area (Å²) in [5.74, 6) is 1.04. The standard InChI is InChI=1S/C12H16Cl2O/c1-7(2)12-10(13)5-9(6-11(12)14)15-8(3)4/h5-8H,1-4H3. The zero-order valence-corrected chi connectivity index (χ0v) is 11.0. The van der Waals surface area contributed by atoms with Gasteiger partial charge in [-0.3, -0.25) is 0 Å². The molecule has 0 saturated carbocycles. The molecular weight excluding hydrogens is 231 g/mol. The molecule has 1 nitrogen and oxygen atoms in total. The molecule has 15 heavy (non-hydrogen) atoms. The number of benzene rings is 1. The lowest BCUT2D eigenvalue weighted by atomic mass is 10.0. The van der Waals surface area contributed by atoms with Gasteiger partial charge in [-0.2, -0.15) is 0 Å². The van der Waals surface area contributed by atoms with Crippen molar-refractivity contribution < 1.29 is 4.74 Å². The van der Waals surface area contributed by atoms with Gasteiger partial charge in [-0.25, -0.2) is 0 Å². The minimum atomic E-state index is 0.127. The molecule has 3 heteroatoms. The van der Waals surface area contributed by atoms with Crippen molar-refractivity contribution in [1.82, 2.24) is 0 Å². The van der Waals surface area contributed by atoms with Crippen LogP contribution >= 0.6 is 23.2 Å². The van der Waals surface area contributed by atoms with Crippen molar-refractivity contribution in [1.29, 1.82) is 0 Å². The first-order valence-corrected chi connectivity index (χ1v) is 5.83. The summed E-state index contributed by atoms with van der Waals surface area (Å²) < 4.78 is 5.54. The van der Waals surface area contributed by atoms with Crippen molar-refractivity contribution in [3.63, 3.8) is 0 Å². The molecule has 0 unspecified atom stereocenters. The number of ether oxygens (including phenoxy) is 1. The summed E-state index contributed by atoms with van der Waals surface area (Å²) in [5.41, 5.74) is 0.981. The van der Waals surface area contributed by atoms with Gasteiger partial charge in [0.2, 0.25) is 0 Å². The molecule has 0 atom stereocenters. The van der Waals surface area contributed by atoms with E-state index in [1.165, 1.54) is 0 Å². The van der Waals surface area contributed by atoms with Crippen molar-refractivity contribution in [2.45, 2.75) is 39.7 Å². The second-order valence-corrected chi connectivity index (χ2v) is 4.94. The Balaban J connectivity index is 3.08. The van der Waals surface area contributed by atoms with Crippen molar-refractivity contribution >= 4 is 23.2 Å². The summed E-state index contributed by atoms with van der Waals surface area (Å²) >= 11 is 12.3. The van der Waals surface area contributed by atoms with Gasteiger partial charge in [0.1, 0.15) is 5.75 Å². The highest BCUT2D eigenvalue weighted by Gasteiger charge is 2.12. The number of rotatable bonds is 3. The number of hydrogen-bond donors (Lipinski definition) is 0. The van der Waals surface area contributed by atoms with Crippen LogP contribution in [0, 0.1) is 0 Å². The van der Waals surface area contributed by atoms with Crippen LogP contribution in [0.25, 0.3) is 0 Å². The van der Waals surface area contributed by atoms with E-state index in [-0.39, 0.29) is 6.10 Å². The van der Waals surface area contributed by atoms with E-state index in [1.807, 2.05) is 26.0 Å². The molecule has 1 aromatic carbocycles. The summed E-state index contributed by atoms with van der Waals surface area (Å²) in [5, 5.41) is 1.35. The smallest absolute Gasteiger partial charge is 0.122 e. The van der Waals surface area contributed by atoms with Crippen molar-refractivity contribution in [3.05, 3.63) is 27.7 Å². The van der Waals surface area contributed by atoms with Crippen LogP contribution in [0.4, 0.5) is 0 Å². The Morgan fingerprint density at radius 1 is 1.00 bits per heavy atom. The third-order valence-corrected chi connectivity index (χ3v) is 2.63. The molecule has 0 aliphatic carbocycles. The zero-order chi connectivity index (χ0) is 11.6. The maximum Gasteiger partial charge on any atom is 0.122 e. The average Bonchev–Trinajstić information content (AvgIpc) is 1.99. The predicted octanol–water partition coefficient (Wildman–Crippen LogP) is 4.90. The minimum absolute atomic E-state index is 0.127. The van der Waals surface area contributed by atoms with Crippen LogP contribution in [-0.4, -0.2) is 6.10 Å². The lowest BCUT2D eigenvalue weighted by molar-refractivity contribution is 0.242. The maximum atomic E-state index is 6.15. The van der Waals surface area contributed by atoms with E-state index in [4.69, 9.17) is 27.9 Å². The van der Waals surface area contributed by atoms with E-state index in [1.54, 1.807) is 0 Å². The van der Waals surface area contributed by atoms with Gasteiger partial charge in [0.05, 0.1) is 6.10 Å². The van der Waals surface area contributed by atoms with Crippen LogP contribution in [0.15, 0.2) is 12.1 Å². The average molecular weight is 247 g/mol. The third-order valence-electron chi connectivity index (χ3n) is 2.00. The highest BCUT2D eigenvalue weighted by atomic mass is 35.5. The Morgan fingerprint density at radius 3 is 1.80 bits per heavy atom. The summed E-state index contributed by atoms with van der Waals surface area (Å²) in [6.07, 6.45) is 0.127. The molecule has 0 bridgehead atoms. The van der Waals surface area contributed by atoms with Gasteiger partial charge in [0.15, 0.2) is 0 Å². The third kappa shape index (κ3) is 3.29. The molecule has 0 radical (unpaired) electrons. The van der Waals surface area contributed by atoms with Crippen LogP contribution in [0.1, 0.15) is 39.2 Å². The Labute approximate surface area is 101 Å². The lowest BCUT2D eigenvalue weighted by Crippen LogP contribution is -2.06. The minimum Gasteiger partial charge on any atom is -0.491 e. The summed E-state index contributed by atoms with van der Waals surface area (Å²) in [4.78, 5) is 0. The van der Waals surface area contributed by atoms with E-state index in [9.17, 15) is 0 Å².